The molecule has 0 amide bonds. The van der Waals surface area contributed by atoms with E-state index in [4.69, 9.17) is 0 Å². The van der Waals surface area contributed by atoms with Crippen molar-refractivity contribution in [2.45, 2.75) is 26.8 Å². The number of nitrogens with zero attached hydrogens (tertiary/aromatic N) is 1. The fourth-order valence-corrected chi connectivity index (χ4v) is 2.02. The number of rotatable bonds is 2. The molecule has 0 radical (unpaired) electrons. The van der Waals surface area contributed by atoms with Crippen molar-refractivity contribution >= 4 is 0 Å². The van der Waals surface area contributed by atoms with Crippen LogP contribution in [0.5, 0.6) is 0 Å². The van der Waals surface area contributed by atoms with E-state index in [0.717, 1.165) is 13.1 Å². The Morgan fingerprint density at radius 2 is 2.00 bits per heavy atom. The zero-order valence-electron chi connectivity index (χ0n) is 9.66. The van der Waals surface area contributed by atoms with Gasteiger partial charge in [-0.05, 0) is 31.4 Å². The van der Waals surface area contributed by atoms with Crippen LogP contribution in [0.2, 0.25) is 0 Å². The summed E-state index contributed by atoms with van der Waals surface area (Å²) in [4.78, 5) is 2.51. The van der Waals surface area contributed by atoms with E-state index in [2.05, 4.69) is 49.1 Å². The van der Waals surface area contributed by atoms with E-state index in [1.807, 2.05) is 0 Å². The van der Waals surface area contributed by atoms with Crippen molar-refractivity contribution in [1.29, 1.82) is 0 Å². The van der Waals surface area contributed by atoms with E-state index in [1.165, 1.54) is 29.7 Å². The highest BCUT2D eigenvalue weighted by Crippen LogP contribution is 2.18. The van der Waals surface area contributed by atoms with Crippen LogP contribution in [0.4, 0.5) is 0 Å². The summed E-state index contributed by atoms with van der Waals surface area (Å²) in [6.07, 6.45) is 3.51. The third-order valence-corrected chi connectivity index (χ3v) is 2.97. The molecule has 2 rings (SSSR count). The molecule has 0 N–H and O–H groups in total. The first-order valence-electron chi connectivity index (χ1n) is 5.68. The Bertz CT molecular complexity index is 361. The van der Waals surface area contributed by atoms with Gasteiger partial charge in [0, 0.05) is 19.6 Å². The number of fused-ring (bicyclic) bond motifs is 1. The number of hydrogen-bond acceptors (Lipinski definition) is 1. The zero-order valence-corrected chi connectivity index (χ0v) is 9.66. The summed E-state index contributed by atoms with van der Waals surface area (Å²) in [7, 11) is 0. The lowest BCUT2D eigenvalue weighted by atomic mass is 10.00. The summed E-state index contributed by atoms with van der Waals surface area (Å²) in [6.45, 7) is 7.73. The van der Waals surface area contributed by atoms with Crippen molar-refractivity contribution in [2.24, 2.45) is 0 Å². The van der Waals surface area contributed by atoms with Crippen LogP contribution < -0.4 is 0 Å². The zero-order chi connectivity index (χ0) is 10.7. The fourth-order valence-electron chi connectivity index (χ4n) is 2.02. The topological polar surface area (TPSA) is 3.24 Å². The second-order valence-corrected chi connectivity index (χ2v) is 4.54. The summed E-state index contributed by atoms with van der Waals surface area (Å²) in [6, 6.07) is 8.80. The van der Waals surface area contributed by atoms with Crippen molar-refractivity contribution in [3.05, 3.63) is 47.0 Å². The minimum atomic E-state index is 1.09. The van der Waals surface area contributed by atoms with Crippen molar-refractivity contribution in [3.8, 4) is 0 Å². The minimum absolute atomic E-state index is 1.09. The molecule has 1 aliphatic rings. The Kier molecular flexibility index (Phi) is 3.22. The lowest BCUT2D eigenvalue weighted by molar-refractivity contribution is 0.281. The molecule has 0 atom stereocenters. The van der Waals surface area contributed by atoms with Gasteiger partial charge in [0.05, 0.1) is 0 Å². The van der Waals surface area contributed by atoms with Gasteiger partial charge >= 0.3 is 0 Å². The standard InChI is InChI=1S/C14H19N/c1-12(2)7-9-15-10-8-13-5-3-4-6-14(13)11-15/h3-7H,8-11H2,1-2H3. The Balaban J connectivity index is 2.03. The molecule has 0 saturated heterocycles. The van der Waals surface area contributed by atoms with Gasteiger partial charge in [0.2, 0.25) is 0 Å². The SMILES string of the molecule is CC(C)=CCN1CCc2ccccc2C1. The Morgan fingerprint density at radius 3 is 2.73 bits per heavy atom. The summed E-state index contributed by atoms with van der Waals surface area (Å²) in [5.41, 5.74) is 4.45. The van der Waals surface area contributed by atoms with Gasteiger partial charge in [-0.15, -0.1) is 0 Å². The monoisotopic (exact) mass is 201 g/mol. The summed E-state index contributed by atoms with van der Waals surface area (Å²) < 4.78 is 0. The van der Waals surface area contributed by atoms with Crippen molar-refractivity contribution < 1.29 is 0 Å². The molecule has 0 saturated carbocycles. The smallest absolute Gasteiger partial charge is 0.0239 e. The first kappa shape index (κ1) is 10.4. The third-order valence-electron chi connectivity index (χ3n) is 2.97. The average molecular weight is 201 g/mol. The number of hydrogen-bond donors (Lipinski definition) is 0. The van der Waals surface area contributed by atoms with Crippen LogP contribution >= 0.6 is 0 Å². The first-order valence-corrected chi connectivity index (χ1v) is 5.68. The molecule has 0 aliphatic carbocycles. The van der Waals surface area contributed by atoms with Gasteiger partial charge in [-0.1, -0.05) is 35.9 Å². The lowest BCUT2D eigenvalue weighted by Gasteiger charge is -2.27. The largest absolute Gasteiger partial charge is 0.295 e. The highest BCUT2D eigenvalue weighted by Gasteiger charge is 2.13. The Morgan fingerprint density at radius 1 is 1.27 bits per heavy atom. The summed E-state index contributed by atoms with van der Waals surface area (Å²) in [5, 5.41) is 0. The highest BCUT2D eigenvalue weighted by molar-refractivity contribution is 5.29. The molecule has 0 aromatic heterocycles. The van der Waals surface area contributed by atoms with Crippen LogP contribution in [0.1, 0.15) is 25.0 Å². The molecule has 1 aromatic rings. The van der Waals surface area contributed by atoms with E-state index in [9.17, 15) is 0 Å². The molecule has 1 aromatic carbocycles. The summed E-state index contributed by atoms with van der Waals surface area (Å²) in [5.74, 6) is 0. The van der Waals surface area contributed by atoms with E-state index in [-0.39, 0.29) is 0 Å². The molecule has 0 spiro atoms. The van der Waals surface area contributed by atoms with Crippen LogP contribution in [0.15, 0.2) is 35.9 Å². The normalized spacial score (nSPS) is 15.9. The van der Waals surface area contributed by atoms with Crippen molar-refractivity contribution in [2.75, 3.05) is 13.1 Å². The third kappa shape index (κ3) is 2.69. The number of allylic oxidation sites excluding steroid dienone is 1. The van der Waals surface area contributed by atoms with Gasteiger partial charge in [-0.2, -0.15) is 0 Å². The molecule has 1 aliphatic heterocycles. The second kappa shape index (κ2) is 4.63. The number of benzene rings is 1. The Labute approximate surface area is 92.4 Å². The molecule has 0 bridgehead atoms. The molecule has 1 nitrogen and oxygen atoms in total. The van der Waals surface area contributed by atoms with Gasteiger partial charge < -0.3 is 0 Å². The maximum absolute atomic E-state index is 2.51. The van der Waals surface area contributed by atoms with Crippen molar-refractivity contribution in [1.82, 2.24) is 4.90 Å². The molecule has 0 fully saturated rings. The van der Waals surface area contributed by atoms with Gasteiger partial charge in [0.1, 0.15) is 0 Å². The molecule has 1 heterocycles. The van der Waals surface area contributed by atoms with E-state index in [0.29, 0.717) is 0 Å². The van der Waals surface area contributed by atoms with Gasteiger partial charge in [-0.3, -0.25) is 4.90 Å². The van der Waals surface area contributed by atoms with Crippen LogP contribution in [-0.4, -0.2) is 18.0 Å². The molecule has 15 heavy (non-hydrogen) atoms. The van der Waals surface area contributed by atoms with Crippen LogP contribution in [0.25, 0.3) is 0 Å². The second-order valence-electron chi connectivity index (χ2n) is 4.54. The maximum atomic E-state index is 2.51. The van der Waals surface area contributed by atoms with Gasteiger partial charge in [0.15, 0.2) is 0 Å². The lowest BCUT2D eigenvalue weighted by Crippen LogP contribution is -2.30. The maximum Gasteiger partial charge on any atom is 0.0239 e. The molecular weight excluding hydrogens is 182 g/mol. The van der Waals surface area contributed by atoms with Gasteiger partial charge in [0.25, 0.3) is 0 Å². The molecule has 80 valence electrons. The fraction of sp³-hybridized carbons (Fsp3) is 0.429. The first-order chi connectivity index (χ1) is 7.25. The van der Waals surface area contributed by atoms with E-state index < -0.39 is 0 Å². The van der Waals surface area contributed by atoms with Gasteiger partial charge in [-0.25, -0.2) is 0 Å². The predicted molar refractivity (Wildman–Crippen MR) is 64.9 cm³/mol. The van der Waals surface area contributed by atoms with Crippen molar-refractivity contribution in [3.63, 3.8) is 0 Å². The summed E-state index contributed by atoms with van der Waals surface area (Å²) >= 11 is 0. The molecule has 1 heteroatoms. The van der Waals surface area contributed by atoms with E-state index in [1.54, 1.807) is 0 Å². The van der Waals surface area contributed by atoms with Crippen LogP contribution in [-0.2, 0) is 13.0 Å². The Hall–Kier alpha value is -1.08. The quantitative estimate of drug-likeness (QED) is 0.665. The van der Waals surface area contributed by atoms with Crippen LogP contribution in [0.3, 0.4) is 0 Å². The molecule has 0 unspecified atom stereocenters. The molecular formula is C14H19N. The van der Waals surface area contributed by atoms with E-state index >= 15 is 0 Å². The average Bonchev–Trinajstić information content (AvgIpc) is 2.26. The predicted octanol–water partition coefficient (Wildman–Crippen LogP) is 3.01. The highest BCUT2D eigenvalue weighted by atomic mass is 15.1. The van der Waals surface area contributed by atoms with Crippen LogP contribution in [0, 0.1) is 0 Å². The minimum Gasteiger partial charge on any atom is -0.295 e.